The number of benzene rings is 1. The molecule has 0 saturated carbocycles. The number of hydrogen-bond acceptors (Lipinski definition) is 5. The van der Waals surface area contributed by atoms with Gasteiger partial charge in [0.05, 0.1) is 23.8 Å². The Balaban J connectivity index is 1.88. The highest BCUT2D eigenvalue weighted by atomic mass is 16.7. The number of aromatic amines is 1. The second-order valence-electron chi connectivity index (χ2n) is 4.44. The van der Waals surface area contributed by atoms with Gasteiger partial charge in [-0.15, -0.1) is 0 Å². The molecule has 0 saturated heterocycles. The number of nitrogens with two attached hydrogens (primary N) is 1. The van der Waals surface area contributed by atoms with Crippen LogP contribution in [0.4, 0.5) is 5.82 Å². The molecule has 3 N–H and O–H groups in total. The third kappa shape index (κ3) is 1.55. The van der Waals surface area contributed by atoms with Crippen molar-refractivity contribution in [1.82, 2.24) is 10.2 Å². The smallest absolute Gasteiger partial charge is 0.231 e. The molecule has 0 aliphatic carbocycles. The third-order valence-corrected chi connectivity index (χ3v) is 3.27. The second kappa shape index (κ2) is 4.06. The SMILES string of the molecule is Nc1n[nH]c(-c2ccoc2)c1-c1ccc2c(c1)OCO2. The summed E-state index contributed by atoms with van der Waals surface area (Å²) in [4.78, 5) is 0. The molecule has 3 heterocycles. The van der Waals surface area contributed by atoms with Crippen LogP contribution in [0, 0.1) is 0 Å². The number of aromatic nitrogens is 2. The fraction of sp³-hybridized carbons (Fsp3) is 0.0714. The highest BCUT2D eigenvalue weighted by Crippen LogP contribution is 2.40. The first-order valence-electron chi connectivity index (χ1n) is 6.09. The minimum absolute atomic E-state index is 0.244. The number of nitrogens with zero attached hydrogens (tertiary/aromatic N) is 1. The molecule has 3 aromatic rings. The highest BCUT2D eigenvalue weighted by molar-refractivity contribution is 5.88. The van der Waals surface area contributed by atoms with E-state index < -0.39 is 0 Å². The quantitative estimate of drug-likeness (QED) is 0.746. The Bertz CT molecular complexity index is 762. The molecular weight excluding hydrogens is 258 g/mol. The Morgan fingerprint density at radius 3 is 2.85 bits per heavy atom. The lowest BCUT2D eigenvalue weighted by Gasteiger charge is -2.04. The van der Waals surface area contributed by atoms with E-state index in [-0.39, 0.29) is 6.79 Å². The van der Waals surface area contributed by atoms with E-state index >= 15 is 0 Å². The zero-order valence-electron chi connectivity index (χ0n) is 10.4. The summed E-state index contributed by atoms with van der Waals surface area (Å²) >= 11 is 0. The Labute approximate surface area is 114 Å². The van der Waals surface area contributed by atoms with Gasteiger partial charge in [0.2, 0.25) is 6.79 Å². The number of furan rings is 1. The van der Waals surface area contributed by atoms with Crippen LogP contribution in [0.1, 0.15) is 0 Å². The summed E-state index contributed by atoms with van der Waals surface area (Å²) in [6.07, 6.45) is 3.25. The van der Waals surface area contributed by atoms with E-state index in [1.165, 1.54) is 0 Å². The number of ether oxygens (including phenoxy) is 2. The van der Waals surface area contributed by atoms with E-state index in [4.69, 9.17) is 19.6 Å². The predicted molar refractivity (Wildman–Crippen MR) is 72.3 cm³/mol. The van der Waals surface area contributed by atoms with Crippen LogP contribution in [0.5, 0.6) is 11.5 Å². The molecule has 6 nitrogen and oxygen atoms in total. The first-order valence-corrected chi connectivity index (χ1v) is 6.09. The van der Waals surface area contributed by atoms with Crippen LogP contribution in [-0.4, -0.2) is 17.0 Å². The van der Waals surface area contributed by atoms with Gasteiger partial charge in [-0.1, -0.05) is 6.07 Å². The molecule has 1 aliphatic heterocycles. The first kappa shape index (κ1) is 11.0. The van der Waals surface area contributed by atoms with Gasteiger partial charge in [-0.2, -0.15) is 5.10 Å². The number of H-pyrrole nitrogens is 1. The molecule has 100 valence electrons. The second-order valence-corrected chi connectivity index (χ2v) is 4.44. The molecule has 4 rings (SSSR count). The highest BCUT2D eigenvalue weighted by Gasteiger charge is 2.19. The lowest BCUT2D eigenvalue weighted by atomic mass is 10.0. The fourth-order valence-corrected chi connectivity index (χ4v) is 2.32. The Morgan fingerprint density at radius 1 is 1.10 bits per heavy atom. The van der Waals surface area contributed by atoms with Crippen molar-refractivity contribution >= 4 is 5.82 Å². The van der Waals surface area contributed by atoms with Crippen LogP contribution >= 0.6 is 0 Å². The monoisotopic (exact) mass is 269 g/mol. The molecular formula is C14H11N3O3. The van der Waals surface area contributed by atoms with E-state index in [1.54, 1.807) is 12.5 Å². The summed E-state index contributed by atoms with van der Waals surface area (Å²) < 4.78 is 15.8. The maximum Gasteiger partial charge on any atom is 0.231 e. The normalized spacial score (nSPS) is 12.8. The average molecular weight is 269 g/mol. The number of rotatable bonds is 2. The molecule has 6 heteroatoms. The number of fused-ring (bicyclic) bond motifs is 1. The largest absolute Gasteiger partial charge is 0.472 e. The summed E-state index contributed by atoms with van der Waals surface area (Å²) in [5.74, 6) is 1.88. The van der Waals surface area contributed by atoms with Crippen LogP contribution in [0.25, 0.3) is 22.4 Å². The number of nitrogen functional groups attached to an aromatic ring is 1. The topological polar surface area (TPSA) is 86.3 Å². The molecule has 2 aromatic heterocycles. The van der Waals surface area contributed by atoms with Crippen molar-refractivity contribution in [2.75, 3.05) is 12.5 Å². The van der Waals surface area contributed by atoms with Gasteiger partial charge in [0.25, 0.3) is 0 Å². The van der Waals surface area contributed by atoms with Crippen LogP contribution in [0.2, 0.25) is 0 Å². The van der Waals surface area contributed by atoms with Crippen molar-refractivity contribution in [2.45, 2.75) is 0 Å². The molecule has 0 fully saturated rings. The van der Waals surface area contributed by atoms with E-state index in [1.807, 2.05) is 24.3 Å². The summed E-state index contributed by atoms with van der Waals surface area (Å²) in [5.41, 5.74) is 9.42. The zero-order valence-corrected chi connectivity index (χ0v) is 10.4. The standard InChI is InChI=1S/C14H11N3O3/c15-14-12(13(16-17-14)9-3-4-18-6-9)8-1-2-10-11(5-8)20-7-19-10/h1-6H,7H2,(H3,15,16,17). The van der Waals surface area contributed by atoms with Crippen LogP contribution < -0.4 is 15.2 Å². The molecule has 0 amide bonds. The molecule has 0 atom stereocenters. The number of anilines is 1. The minimum Gasteiger partial charge on any atom is -0.472 e. The summed E-state index contributed by atoms with van der Waals surface area (Å²) in [7, 11) is 0. The van der Waals surface area contributed by atoms with Gasteiger partial charge in [-0.05, 0) is 23.8 Å². The van der Waals surface area contributed by atoms with E-state index in [0.717, 1.165) is 28.1 Å². The third-order valence-electron chi connectivity index (χ3n) is 3.27. The van der Waals surface area contributed by atoms with E-state index in [2.05, 4.69) is 10.2 Å². The molecule has 1 aliphatic rings. The number of nitrogens with one attached hydrogen (secondary N) is 1. The molecule has 0 bridgehead atoms. The predicted octanol–water partition coefficient (Wildman–Crippen LogP) is 2.65. The van der Waals surface area contributed by atoms with Crippen molar-refractivity contribution in [2.24, 2.45) is 0 Å². The Kier molecular flexibility index (Phi) is 2.23. The van der Waals surface area contributed by atoms with E-state index in [9.17, 15) is 0 Å². The van der Waals surface area contributed by atoms with Crippen molar-refractivity contribution < 1.29 is 13.9 Å². The maximum absolute atomic E-state index is 5.98. The van der Waals surface area contributed by atoms with Gasteiger partial charge >= 0.3 is 0 Å². The minimum atomic E-state index is 0.244. The van der Waals surface area contributed by atoms with E-state index in [0.29, 0.717) is 11.6 Å². The molecule has 20 heavy (non-hydrogen) atoms. The maximum atomic E-state index is 5.98. The number of hydrogen-bond donors (Lipinski definition) is 2. The van der Waals surface area contributed by atoms with Crippen molar-refractivity contribution in [3.8, 4) is 33.9 Å². The molecule has 0 radical (unpaired) electrons. The lowest BCUT2D eigenvalue weighted by molar-refractivity contribution is 0.174. The van der Waals surface area contributed by atoms with Crippen molar-refractivity contribution in [1.29, 1.82) is 0 Å². The Morgan fingerprint density at radius 2 is 2.00 bits per heavy atom. The lowest BCUT2D eigenvalue weighted by Crippen LogP contribution is -1.92. The van der Waals surface area contributed by atoms with Gasteiger partial charge in [0.15, 0.2) is 17.3 Å². The first-order chi connectivity index (χ1) is 9.83. The molecule has 1 aromatic carbocycles. The summed E-state index contributed by atoms with van der Waals surface area (Å²) in [5, 5.41) is 7.02. The molecule has 0 unspecified atom stereocenters. The van der Waals surface area contributed by atoms with Gasteiger partial charge in [0, 0.05) is 5.56 Å². The Hall–Kier alpha value is -2.89. The van der Waals surface area contributed by atoms with Crippen molar-refractivity contribution in [3.05, 3.63) is 36.8 Å². The summed E-state index contributed by atoms with van der Waals surface area (Å²) in [6.45, 7) is 0.244. The van der Waals surface area contributed by atoms with Crippen LogP contribution in [0.15, 0.2) is 41.2 Å². The zero-order chi connectivity index (χ0) is 13.5. The van der Waals surface area contributed by atoms with Crippen LogP contribution in [0.3, 0.4) is 0 Å². The van der Waals surface area contributed by atoms with Crippen LogP contribution in [-0.2, 0) is 0 Å². The molecule has 0 spiro atoms. The summed E-state index contributed by atoms with van der Waals surface area (Å²) in [6, 6.07) is 7.54. The fourth-order valence-electron chi connectivity index (χ4n) is 2.32. The van der Waals surface area contributed by atoms with Gasteiger partial charge in [-0.25, -0.2) is 0 Å². The van der Waals surface area contributed by atoms with Gasteiger partial charge in [-0.3, -0.25) is 5.10 Å². The van der Waals surface area contributed by atoms with Gasteiger partial charge in [0.1, 0.15) is 0 Å². The van der Waals surface area contributed by atoms with Crippen molar-refractivity contribution in [3.63, 3.8) is 0 Å². The average Bonchev–Trinajstić information content (AvgIpc) is 3.17. The van der Waals surface area contributed by atoms with Gasteiger partial charge < -0.3 is 19.6 Å².